The van der Waals surface area contributed by atoms with Crippen molar-refractivity contribution in [1.29, 1.82) is 0 Å². The van der Waals surface area contributed by atoms with Crippen LogP contribution in [-0.2, 0) is 11.3 Å². The molecule has 6 heteroatoms. The van der Waals surface area contributed by atoms with Gasteiger partial charge in [-0.05, 0) is 35.9 Å². The molecule has 0 radical (unpaired) electrons. The van der Waals surface area contributed by atoms with Gasteiger partial charge in [0.05, 0.1) is 10.9 Å². The number of halogens is 3. The Balaban J connectivity index is 1.41. The number of hydrogen-bond acceptors (Lipinski definition) is 2. The summed E-state index contributed by atoms with van der Waals surface area (Å²) in [6.45, 7) is 0.207. The molecule has 3 unspecified atom stereocenters. The van der Waals surface area contributed by atoms with E-state index in [9.17, 15) is 13.6 Å². The molecule has 2 aliphatic rings. The highest BCUT2D eigenvalue weighted by Crippen LogP contribution is 2.58. The number of amides is 1. The van der Waals surface area contributed by atoms with Gasteiger partial charge in [0.15, 0.2) is 0 Å². The molecular formula is C17H12ClF2NO2. The number of benzene rings is 2. The lowest BCUT2D eigenvalue weighted by Gasteiger charge is -2.09. The molecule has 0 bridgehead atoms. The van der Waals surface area contributed by atoms with Crippen LogP contribution in [0.4, 0.5) is 8.78 Å². The van der Waals surface area contributed by atoms with E-state index in [1.54, 1.807) is 12.1 Å². The Hall–Kier alpha value is -2.14. The molecule has 1 fully saturated rings. The highest BCUT2D eigenvalue weighted by Gasteiger charge is 2.62. The van der Waals surface area contributed by atoms with Crippen LogP contribution in [0.3, 0.4) is 0 Å². The van der Waals surface area contributed by atoms with E-state index in [0.29, 0.717) is 11.3 Å². The summed E-state index contributed by atoms with van der Waals surface area (Å²) in [6.07, 6.45) is -0.228. The van der Waals surface area contributed by atoms with Crippen LogP contribution in [0.5, 0.6) is 5.75 Å². The molecule has 118 valence electrons. The first kappa shape index (κ1) is 14.5. The first-order chi connectivity index (χ1) is 11.0. The third kappa shape index (κ3) is 2.45. The van der Waals surface area contributed by atoms with Gasteiger partial charge in [0.25, 0.3) is 0 Å². The van der Waals surface area contributed by atoms with Crippen molar-refractivity contribution in [3.63, 3.8) is 0 Å². The number of carbonyl (C=O) groups excluding carboxylic acids is 1. The first-order valence-corrected chi connectivity index (χ1v) is 7.60. The van der Waals surface area contributed by atoms with E-state index < -0.39 is 5.82 Å². The van der Waals surface area contributed by atoms with Crippen LogP contribution >= 0.6 is 11.6 Å². The van der Waals surface area contributed by atoms with E-state index in [4.69, 9.17) is 16.3 Å². The molecule has 0 spiro atoms. The molecule has 1 heterocycles. The Kier molecular flexibility index (Phi) is 3.27. The van der Waals surface area contributed by atoms with Crippen LogP contribution in [-0.4, -0.2) is 12.0 Å². The molecule has 4 rings (SSSR count). The van der Waals surface area contributed by atoms with Gasteiger partial charge in [-0.3, -0.25) is 4.79 Å². The molecule has 3 nitrogen and oxygen atoms in total. The molecular weight excluding hydrogens is 324 g/mol. The smallest absolute Gasteiger partial charge is 0.227 e. The lowest BCUT2D eigenvalue weighted by atomic mass is 10.1. The molecule has 1 saturated carbocycles. The van der Waals surface area contributed by atoms with Gasteiger partial charge in [-0.2, -0.15) is 0 Å². The van der Waals surface area contributed by atoms with Crippen molar-refractivity contribution in [2.75, 3.05) is 0 Å². The van der Waals surface area contributed by atoms with Gasteiger partial charge in [-0.25, -0.2) is 8.78 Å². The summed E-state index contributed by atoms with van der Waals surface area (Å²) in [4.78, 5) is 12.2. The minimum atomic E-state index is -0.519. The Morgan fingerprint density at radius 1 is 1.22 bits per heavy atom. The first-order valence-electron chi connectivity index (χ1n) is 7.22. The molecule has 1 aliphatic carbocycles. The fourth-order valence-electron chi connectivity index (χ4n) is 3.10. The minimum absolute atomic E-state index is 0.0452. The maximum Gasteiger partial charge on any atom is 0.227 e. The number of ether oxygens (including phenoxy) is 1. The van der Waals surface area contributed by atoms with Crippen LogP contribution in [0.25, 0.3) is 0 Å². The molecule has 0 aromatic heterocycles. The molecule has 1 N–H and O–H groups in total. The van der Waals surface area contributed by atoms with Crippen LogP contribution in [0, 0.1) is 17.6 Å². The second-order valence-electron chi connectivity index (χ2n) is 5.78. The zero-order valence-corrected chi connectivity index (χ0v) is 12.6. The Morgan fingerprint density at radius 3 is 2.83 bits per heavy atom. The largest absolute Gasteiger partial charge is 0.489 e. The molecule has 1 amide bonds. The highest BCUT2D eigenvalue weighted by molar-refractivity contribution is 6.30. The van der Waals surface area contributed by atoms with E-state index in [1.165, 1.54) is 24.3 Å². The van der Waals surface area contributed by atoms with E-state index in [0.717, 1.165) is 5.56 Å². The van der Waals surface area contributed by atoms with Crippen molar-refractivity contribution in [3.05, 3.63) is 64.2 Å². The van der Waals surface area contributed by atoms with E-state index in [1.807, 2.05) is 0 Å². The lowest BCUT2D eigenvalue weighted by molar-refractivity contribution is -0.123. The summed E-state index contributed by atoms with van der Waals surface area (Å²) in [5.74, 6) is -0.801. The second kappa shape index (κ2) is 5.20. The van der Waals surface area contributed by atoms with E-state index in [2.05, 4.69) is 5.32 Å². The number of fused-ring (bicyclic) bond motifs is 3. The quantitative estimate of drug-likeness (QED) is 0.933. The highest BCUT2D eigenvalue weighted by atomic mass is 35.5. The average molecular weight is 336 g/mol. The van der Waals surface area contributed by atoms with Crippen molar-refractivity contribution in [1.82, 2.24) is 5.32 Å². The van der Waals surface area contributed by atoms with E-state index in [-0.39, 0.29) is 41.2 Å². The zero-order chi connectivity index (χ0) is 16.1. The third-order valence-electron chi connectivity index (χ3n) is 4.30. The number of nitrogens with one attached hydrogen (secondary N) is 1. The SMILES string of the molecule is O=C(NCc1ccc(Cl)c(F)c1)C1C2Oc3ccc(F)cc3C21. The van der Waals surface area contributed by atoms with Gasteiger partial charge in [0.1, 0.15) is 23.5 Å². The third-order valence-corrected chi connectivity index (χ3v) is 4.61. The predicted molar refractivity (Wildman–Crippen MR) is 80.3 cm³/mol. The summed E-state index contributed by atoms with van der Waals surface area (Å²) < 4.78 is 32.3. The fraction of sp³-hybridized carbons (Fsp3) is 0.235. The molecule has 1 aliphatic heterocycles. The van der Waals surface area contributed by atoms with Crippen LogP contribution < -0.4 is 10.1 Å². The average Bonchev–Trinajstić information content (AvgIpc) is 3.13. The lowest BCUT2D eigenvalue weighted by Crippen LogP contribution is -2.27. The van der Waals surface area contributed by atoms with Crippen LogP contribution in [0.15, 0.2) is 36.4 Å². The second-order valence-corrected chi connectivity index (χ2v) is 6.19. The van der Waals surface area contributed by atoms with Gasteiger partial charge in [0, 0.05) is 18.0 Å². The monoisotopic (exact) mass is 335 g/mol. The van der Waals surface area contributed by atoms with Gasteiger partial charge in [0.2, 0.25) is 5.91 Å². The van der Waals surface area contributed by atoms with Crippen molar-refractivity contribution >= 4 is 17.5 Å². The summed E-state index contributed by atoms with van der Waals surface area (Å²) in [5.41, 5.74) is 1.37. The Morgan fingerprint density at radius 2 is 2.04 bits per heavy atom. The number of hydrogen-bond donors (Lipinski definition) is 1. The standard InChI is InChI=1S/C17H12ClF2NO2/c18-11-3-1-8(5-12(11)20)7-21-17(22)15-14-10-6-9(19)2-4-13(10)23-16(14)15/h1-6,14-16H,7H2,(H,21,22). The summed E-state index contributed by atoms with van der Waals surface area (Å²) >= 11 is 5.62. The van der Waals surface area contributed by atoms with Crippen molar-refractivity contribution < 1.29 is 18.3 Å². The molecule has 2 aromatic carbocycles. The van der Waals surface area contributed by atoms with Gasteiger partial charge < -0.3 is 10.1 Å². The fourth-order valence-corrected chi connectivity index (χ4v) is 3.22. The maximum absolute atomic E-state index is 13.4. The van der Waals surface area contributed by atoms with Crippen molar-refractivity contribution in [2.24, 2.45) is 5.92 Å². The summed E-state index contributed by atoms with van der Waals surface area (Å²) in [5, 5.41) is 2.80. The van der Waals surface area contributed by atoms with Crippen LogP contribution in [0.2, 0.25) is 5.02 Å². The van der Waals surface area contributed by atoms with Crippen molar-refractivity contribution in [3.8, 4) is 5.75 Å². The van der Waals surface area contributed by atoms with Gasteiger partial charge >= 0.3 is 0 Å². The van der Waals surface area contributed by atoms with Gasteiger partial charge in [-0.15, -0.1) is 0 Å². The summed E-state index contributed by atoms with van der Waals surface area (Å²) in [6, 6.07) is 8.74. The zero-order valence-electron chi connectivity index (χ0n) is 11.9. The topological polar surface area (TPSA) is 38.3 Å². The van der Waals surface area contributed by atoms with Crippen LogP contribution in [0.1, 0.15) is 17.0 Å². The van der Waals surface area contributed by atoms with Gasteiger partial charge in [-0.1, -0.05) is 17.7 Å². The van der Waals surface area contributed by atoms with E-state index >= 15 is 0 Å². The number of carbonyl (C=O) groups is 1. The molecule has 2 aromatic rings. The minimum Gasteiger partial charge on any atom is -0.489 e. The predicted octanol–water partition coefficient (Wildman–Crippen LogP) is 3.41. The Labute approximate surface area is 136 Å². The normalized spacial score (nSPS) is 23.7. The molecule has 3 atom stereocenters. The molecule has 0 saturated heterocycles. The number of rotatable bonds is 3. The maximum atomic E-state index is 13.4. The van der Waals surface area contributed by atoms with Crippen molar-refractivity contribution in [2.45, 2.75) is 18.6 Å². The Bertz CT molecular complexity index is 811. The molecule has 23 heavy (non-hydrogen) atoms. The summed E-state index contributed by atoms with van der Waals surface area (Å²) in [7, 11) is 0.